The van der Waals surface area contributed by atoms with Gasteiger partial charge in [0.15, 0.2) is 0 Å². The van der Waals surface area contributed by atoms with E-state index in [9.17, 15) is 0 Å². The first-order chi connectivity index (χ1) is 6.81. The third kappa shape index (κ3) is 2.26. The Balaban J connectivity index is 1.90. The molecule has 1 aliphatic heterocycles. The maximum atomic E-state index is 6.15. The van der Waals surface area contributed by atoms with Crippen LogP contribution in [0.2, 0.25) is 0 Å². The fourth-order valence-corrected chi connectivity index (χ4v) is 3.92. The lowest BCUT2D eigenvalue weighted by Crippen LogP contribution is -2.49. The van der Waals surface area contributed by atoms with Gasteiger partial charge in [-0.15, -0.1) is 0 Å². The Labute approximate surface area is 91.6 Å². The zero-order chi connectivity index (χ0) is 9.97. The predicted octanol–water partition coefficient (Wildman–Crippen LogP) is 1.69. The Morgan fingerprint density at radius 2 is 2.29 bits per heavy atom. The molecule has 2 nitrogen and oxygen atoms in total. The molecule has 2 fully saturated rings. The van der Waals surface area contributed by atoms with E-state index in [4.69, 9.17) is 5.73 Å². The number of thioether (sulfide) groups is 1. The highest BCUT2D eigenvalue weighted by Gasteiger charge is 2.32. The molecule has 0 bridgehead atoms. The van der Waals surface area contributed by atoms with Crippen molar-refractivity contribution in [1.82, 2.24) is 4.90 Å². The molecule has 0 aromatic rings. The molecule has 2 rings (SSSR count). The smallest absolute Gasteiger partial charge is 0.0247 e. The van der Waals surface area contributed by atoms with Crippen molar-refractivity contribution in [3.8, 4) is 0 Å². The number of hydrogen-bond acceptors (Lipinski definition) is 3. The van der Waals surface area contributed by atoms with Crippen LogP contribution in [0.15, 0.2) is 0 Å². The highest BCUT2D eigenvalue weighted by Crippen LogP contribution is 2.28. The van der Waals surface area contributed by atoms with E-state index in [1.165, 1.54) is 44.5 Å². The number of nitrogens with zero attached hydrogens (tertiary/aromatic N) is 1. The van der Waals surface area contributed by atoms with Crippen molar-refractivity contribution in [3.05, 3.63) is 0 Å². The molecule has 0 aromatic heterocycles. The van der Waals surface area contributed by atoms with Gasteiger partial charge < -0.3 is 5.73 Å². The minimum absolute atomic E-state index is 0.454. The van der Waals surface area contributed by atoms with Gasteiger partial charge in [-0.3, -0.25) is 4.90 Å². The maximum absolute atomic E-state index is 6.15. The molecule has 3 heteroatoms. The fourth-order valence-electron chi connectivity index (χ4n) is 2.71. The lowest BCUT2D eigenvalue weighted by atomic mass is 10.1. The molecule has 0 radical (unpaired) electrons. The van der Waals surface area contributed by atoms with E-state index in [1.807, 2.05) is 0 Å². The summed E-state index contributed by atoms with van der Waals surface area (Å²) < 4.78 is 0. The number of rotatable bonds is 2. The topological polar surface area (TPSA) is 29.3 Å². The lowest BCUT2D eigenvalue weighted by Gasteiger charge is -2.37. The van der Waals surface area contributed by atoms with Gasteiger partial charge in [-0.2, -0.15) is 11.8 Å². The van der Waals surface area contributed by atoms with E-state index in [2.05, 4.69) is 23.6 Å². The first kappa shape index (κ1) is 10.8. The van der Waals surface area contributed by atoms with Crippen LogP contribution < -0.4 is 5.73 Å². The van der Waals surface area contributed by atoms with Crippen LogP contribution in [-0.4, -0.2) is 41.1 Å². The van der Waals surface area contributed by atoms with Gasteiger partial charge >= 0.3 is 0 Å². The summed E-state index contributed by atoms with van der Waals surface area (Å²) in [4.78, 5) is 2.66. The van der Waals surface area contributed by atoms with E-state index in [0.717, 1.165) is 5.25 Å². The molecule has 1 heterocycles. The average Bonchev–Trinajstić information content (AvgIpc) is 2.65. The molecule has 0 spiro atoms. The van der Waals surface area contributed by atoms with Gasteiger partial charge in [0.1, 0.15) is 0 Å². The zero-order valence-corrected chi connectivity index (χ0v) is 9.93. The first-order valence-corrected chi connectivity index (χ1v) is 6.97. The molecule has 1 saturated carbocycles. The zero-order valence-electron chi connectivity index (χ0n) is 9.11. The van der Waals surface area contributed by atoms with Gasteiger partial charge in [0, 0.05) is 36.2 Å². The van der Waals surface area contributed by atoms with Crippen molar-refractivity contribution in [1.29, 1.82) is 0 Å². The van der Waals surface area contributed by atoms with Gasteiger partial charge in [0.05, 0.1) is 0 Å². The minimum atomic E-state index is 0.454. The van der Waals surface area contributed by atoms with Crippen molar-refractivity contribution >= 4 is 11.8 Å². The van der Waals surface area contributed by atoms with Crippen molar-refractivity contribution in [2.24, 2.45) is 5.73 Å². The molecule has 14 heavy (non-hydrogen) atoms. The van der Waals surface area contributed by atoms with Crippen LogP contribution in [0.3, 0.4) is 0 Å². The Morgan fingerprint density at radius 3 is 2.93 bits per heavy atom. The molecule has 0 aromatic carbocycles. The minimum Gasteiger partial charge on any atom is -0.326 e. The van der Waals surface area contributed by atoms with Gasteiger partial charge in [0.2, 0.25) is 0 Å². The van der Waals surface area contributed by atoms with E-state index < -0.39 is 0 Å². The molecule has 2 N–H and O–H groups in total. The second kappa shape index (κ2) is 4.86. The molecule has 1 aliphatic carbocycles. The molecular weight excluding hydrogens is 192 g/mol. The maximum Gasteiger partial charge on any atom is 0.0247 e. The summed E-state index contributed by atoms with van der Waals surface area (Å²) in [6, 6.07) is 1.15. The largest absolute Gasteiger partial charge is 0.326 e. The summed E-state index contributed by atoms with van der Waals surface area (Å²) in [6.45, 7) is 4.84. The molecule has 3 unspecified atom stereocenters. The summed E-state index contributed by atoms with van der Waals surface area (Å²) >= 11 is 2.14. The van der Waals surface area contributed by atoms with E-state index >= 15 is 0 Å². The van der Waals surface area contributed by atoms with Crippen LogP contribution in [-0.2, 0) is 0 Å². The Bertz CT molecular complexity index is 186. The van der Waals surface area contributed by atoms with Crippen molar-refractivity contribution < 1.29 is 0 Å². The van der Waals surface area contributed by atoms with E-state index in [0.29, 0.717) is 12.1 Å². The SMILES string of the molecule is CCC1CN(C2CCCC2N)CCS1. The molecule has 3 atom stereocenters. The van der Waals surface area contributed by atoms with Crippen LogP contribution in [0.5, 0.6) is 0 Å². The molecular formula is C11H22N2S. The second-order valence-corrected chi connectivity index (χ2v) is 5.97. The van der Waals surface area contributed by atoms with Crippen LogP contribution in [0.25, 0.3) is 0 Å². The van der Waals surface area contributed by atoms with Crippen LogP contribution in [0.4, 0.5) is 0 Å². The quantitative estimate of drug-likeness (QED) is 0.758. The average molecular weight is 214 g/mol. The third-order valence-electron chi connectivity index (χ3n) is 3.63. The Hall–Kier alpha value is 0.270. The van der Waals surface area contributed by atoms with Crippen molar-refractivity contribution in [2.45, 2.75) is 49.9 Å². The van der Waals surface area contributed by atoms with Gasteiger partial charge in [-0.25, -0.2) is 0 Å². The predicted molar refractivity (Wildman–Crippen MR) is 63.7 cm³/mol. The van der Waals surface area contributed by atoms with E-state index in [-0.39, 0.29) is 0 Å². The fraction of sp³-hybridized carbons (Fsp3) is 1.00. The highest BCUT2D eigenvalue weighted by molar-refractivity contribution is 8.00. The standard InChI is InChI=1S/C11H22N2S/c1-2-9-8-13(6-7-14-9)11-5-3-4-10(11)12/h9-11H,2-8,12H2,1H3. The Kier molecular flexibility index (Phi) is 3.74. The summed E-state index contributed by atoms with van der Waals surface area (Å²) in [5, 5.41) is 0.858. The normalized spacial score (nSPS) is 40.3. The Morgan fingerprint density at radius 1 is 1.43 bits per heavy atom. The number of hydrogen-bond donors (Lipinski definition) is 1. The lowest BCUT2D eigenvalue weighted by molar-refractivity contribution is 0.190. The van der Waals surface area contributed by atoms with Gasteiger partial charge in [-0.05, 0) is 19.3 Å². The third-order valence-corrected chi connectivity index (χ3v) is 5.00. The molecule has 0 amide bonds. The summed E-state index contributed by atoms with van der Waals surface area (Å²) in [6.07, 6.45) is 5.22. The molecule has 2 aliphatic rings. The second-order valence-electron chi connectivity index (χ2n) is 4.56. The monoisotopic (exact) mass is 214 g/mol. The summed E-state index contributed by atoms with van der Waals surface area (Å²) in [7, 11) is 0. The van der Waals surface area contributed by atoms with Crippen LogP contribution in [0.1, 0.15) is 32.6 Å². The van der Waals surface area contributed by atoms with Crippen molar-refractivity contribution in [2.75, 3.05) is 18.8 Å². The summed E-state index contributed by atoms with van der Waals surface area (Å²) in [5.41, 5.74) is 6.15. The number of nitrogens with two attached hydrogens (primary N) is 1. The highest BCUT2D eigenvalue weighted by atomic mass is 32.2. The van der Waals surface area contributed by atoms with Crippen LogP contribution >= 0.6 is 11.8 Å². The van der Waals surface area contributed by atoms with Crippen molar-refractivity contribution in [3.63, 3.8) is 0 Å². The van der Waals surface area contributed by atoms with E-state index in [1.54, 1.807) is 0 Å². The van der Waals surface area contributed by atoms with Gasteiger partial charge in [0.25, 0.3) is 0 Å². The molecule has 1 saturated heterocycles. The van der Waals surface area contributed by atoms with Crippen LogP contribution in [0, 0.1) is 0 Å². The molecule has 82 valence electrons. The first-order valence-electron chi connectivity index (χ1n) is 5.92. The summed E-state index contributed by atoms with van der Waals surface area (Å²) in [5.74, 6) is 1.31. The van der Waals surface area contributed by atoms with Gasteiger partial charge in [-0.1, -0.05) is 13.3 Å².